The van der Waals surface area contributed by atoms with Gasteiger partial charge < -0.3 is 5.11 Å². The van der Waals surface area contributed by atoms with Crippen molar-refractivity contribution in [1.29, 1.82) is 0 Å². The van der Waals surface area contributed by atoms with Gasteiger partial charge in [0.15, 0.2) is 0 Å². The van der Waals surface area contributed by atoms with Gasteiger partial charge in [-0.25, -0.2) is 0 Å². The van der Waals surface area contributed by atoms with E-state index >= 15 is 0 Å². The van der Waals surface area contributed by atoms with Crippen LogP contribution in [0.4, 0.5) is 0 Å². The molecule has 1 aromatic carbocycles. The van der Waals surface area contributed by atoms with E-state index in [1.165, 1.54) is 5.56 Å². The monoisotopic (exact) mass is 160 g/mol. The van der Waals surface area contributed by atoms with Crippen LogP contribution in [0.5, 0.6) is 0 Å². The molecule has 0 radical (unpaired) electrons. The summed E-state index contributed by atoms with van der Waals surface area (Å²) in [5.41, 5.74) is 1.20. The van der Waals surface area contributed by atoms with Crippen molar-refractivity contribution < 1.29 is 5.11 Å². The van der Waals surface area contributed by atoms with Crippen LogP contribution in [-0.4, -0.2) is 41.3 Å². The molecule has 0 spiro atoms. The molecule has 11 heavy (non-hydrogen) atoms. The zero-order valence-electron chi connectivity index (χ0n) is 6.12. The summed E-state index contributed by atoms with van der Waals surface area (Å²) in [5.74, 6) is 0.265. The molecule has 0 aliphatic heterocycles. The van der Waals surface area contributed by atoms with Crippen LogP contribution in [0.3, 0.4) is 0 Å². The molecule has 2 heteroatoms. The summed E-state index contributed by atoms with van der Waals surface area (Å²) in [6, 6.07) is 10.0. The molecular formula is C9H13NaO. The van der Waals surface area contributed by atoms with E-state index in [-0.39, 0.29) is 42.1 Å². The Morgan fingerprint density at radius 3 is 2.27 bits per heavy atom. The zero-order valence-corrected chi connectivity index (χ0v) is 6.12. The minimum atomic E-state index is 0. The predicted molar refractivity (Wildman–Crippen MR) is 49.1 cm³/mol. The molecule has 0 amide bonds. The topological polar surface area (TPSA) is 20.2 Å². The maximum absolute atomic E-state index is 8.79. The fourth-order valence-electron chi connectivity index (χ4n) is 0.887. The molecule has 0 saturated carbocycles. The van der Waals surface area contributed by atoms with Gasteiger partial charge in [-0.15, -0.1) is 0 Å². The van der Waals surface area contributed by atoms with Gasteiger partial charge in [0.25, 0.3) is 0 Å². The van der Waals surface area contributed by atoms with E-state index in [1.54, 1.807) is 0 Å². The number of benzene rings is 1. The Hall–Kier alpha value is 0.180. The van der Waals surface area contributed by atoms with E-state index in [0.717, 1.165) is 0 Å². The van der Waals surface area contributed by atoms with Crippen molar-refractivity contribution in [3.8, 4) is 0 Å². The molecule has 0 aromatic heterocycles. The van der Waals surface area contributed by atoms with Crippen LogP contribution in [0.1, 0.15) is 18.4 Å². The Bertz CT molecular complexity index is 186. The molecule has 1 nitrogen and oxygen atoms in total. The normalized spacial score (nSPS) is 11.8. The van der Waals surface area contributed by atoms with Crippen LogP contribution in [0.25, 0.3) is 0 Å². The summed E-state index contributed by atoms with van der Waals surface area (Å²) in [4.78, 5) is 0. The fourth-order valence-corrected chi connectivity index (χ4v) is 0.887. The Labute approximate surface area is 89.7 Å². The van der Waals surface area contributed by atoms with Crippen LogP contribution in [0, 0.1) is 0 Å². The van der Waals surface area contributed by atoms with Gasteiger partial charge in [0, 0.05) is 12.5 Å². The molecule has 0 aliphatic rings. The van der Waals surface area contributed by atoms with Crippen molar-refractivity contribution in [3.05, 3.63) is 35.9 Å². The number of aliphatic hydroxyl groups excluding tert-OH is 1. The van der Waals surface area contributed by atoms with Crippen LogP contribution in [-0.2, 0) is 0 Å². The summed E-state index contributed by atoms with van der Waals surface area (Å²) in [6.07, 6.45) is 0. The first kappa shape index (κ1) is 11.2. The molecule has 0 bridgehead atoms. The van der Waals surface area contributed by atoms with Crippen molar-refractivity contribution >= 4 is 29.6 Å². The van der Waals surface area contributed by atoms with E-state index in [1.807, 2.05) is 37.3 Å². The maximum atomic E-state index is 8.79. The quantitative estimate of drug-likeness (QED) is 0.643. The summed E-state index contributed by atoms with van der Waals surface area (Å²) in [7, 11) is 0. The molecular weight excluding hydrogens is 147 g/mol. The Morgan fingerprint density at radius 1 is 1.27 bits per heavy atom. The molecule has 0 heterocycles. The first-order valence-corrected chi connectivity index (χ1v) is 3.50. The van der Waals surface area contributed by atoms with Crippen molar-refractivity contribution in [2.45, 2.75) is 12.8 Å². The Balaban J connectivity index is 0.000001000. The number of hydrogen-bond donors (Lipinski definition) is 1. The summed E-state index contributed by atoms with van der Waals surface area (Å²) in [5, 5.41) is 8.79. The molecule has 1 rings (SSSR count). The SMILES string of the molecule is CC(CO)c1ccccc1.[NaH]. The van der Waals surface area contributed by atoms with E-state index in [9.17, 15) is 0 Å². The third kappa shape index (κ3) is 3.39. The van der Waals surface area contributed by atoms with E-state index in [0.29, 0.717) is 0 Å². The van der Waals surface area contributed by atoms with Gasteiger partial charge in [-0.05, 0) is 5.56 Å². The fraction of sp³-hybridized carbons (Fsp3) is 0.333. The molecule has 1 N–H and O–H groups in total. The van der Waals surface area contributed by atoms with Gasteiger partial charge >= 0.3 is 29.6 Å². The molecule has 1 atom stereocenters. The van der Waals surface area contributed by atoms with Gasteiger partial charge in [-0.1, -0.05) is 37.3 Å². The summed E-state index contributed by atoms with van der Waals surface area (Å²) in [6.45, 7) is 2.24. The first-order valence-electron chi connectivity index (χ1n) is 3.50. The van der Waals surface area contributed by atoms with Crippen molar-refractivity contribution in [2.75, 3.05) is 6.61 Å². The van der Waals surface area contributed by atoms with Crippen molar-refractivity contribution in [3.63, 3.8) is 0 Å². The third-order valence-corrected chi connectivity index (χ3v) is 1.64. The Kier molecular flexibility index (Phi) is 5.88. The van der Waals surface area contributed by atoms with Crippen molar-refractivity contribution in [2.24, 2.45) is 0 Å². The van der Waals surface area contributed by atoms with E-state index < -0.39 is 0 Å². The molecule has 0 aliphatic carbocycles. The summed E-state index contributed by atoms with van der Waals surface area (Å²) < 4.78 is 0. The standard InChI is InChI=1S/C9H12O.Na.H/c1-8(7-10)9-5-3-2-4-6-9;;/h2-6,8,10H,7H2,1H3;;. The predicted octanol–water partition coefficient (Wildman–Crippen LogP) is 1.13. The molecule has 1 unspecified atom stereocenters. The third-order valence-electron chi connectivity index (χ3n) is 1.64. The first-order chi connectivity index (χ1) is 4.84. The minimum absolute atomic E-state index is 0. The Morgan fingerprint density at radius 2 is 1.82 bits per heavy atom. The molecule has 56 valence electrons. The van der Waals surface area contributed by atoms with Gasteiger partial charge in [-0.3, -0.25) is 0 Å². The average Bonchev–Trinajstić information content (AvgIpc) is 2.05. The van der Waals surface area contributed by atoms with E-state index in [4.69, 9.17) is 5.11 Å². The average molecular weight is 160 g/mol. The second-order valence-corrected chi connectivity index (χ2v) is 2.49. The van der Waals surface area contributed by atoms with Crippen LogP contribution in [0.15, 0.2) is 30.3 Å². The molecule has 0 saturated heterocycles. The molecule has 1 aromatic rings. The number of aliphatic hydroxyl groups is 1. The van der Waals surface area contributed by atoms with Gasteiger partial charge in [0.05, 0.1) is 0 Å². The van der Waals surface area contributed by atoms with Gasteiger partial charge in [0.1, 0.15) is 0 Å². The second kappa shape index (κ2) is 5.78. The number of rotatable bonds is 2. The molecule has 0 fully saturated rings. The zero-order chi connectivity index (χ0) is 7.40. The number of hydrogen-bond acceptors (Lipinski definition) is 1. The van der Waals surface area contributed by atoms with Crippen molar-refractivity contribution in [1.82, 2.24) is 0 Å². The van der Waals surface area contributed by atoms with Crippen LogP contribution < -0.4 is 0 Å². The van der Waals surface area contributed by atoms with Gasteiger partial charge in [0.2, 0.25) is 0 Å². The van der Waals surface area contributed by atoms with Gasteiger partial charge in [-0.2, -0.15) is 0 Å². The van der Waals surface area contributed by atoms with Crippen LogP contribution >= 0.6 is 0 Å². The summed E-state index contributed by atoms with van der Waals surface area (Å²) >= 11 is 0. The van der Waals surface area contributed by atoms with E-state index in [2.05, 4.69) is 0 Å². The van der Waals surface area contributed by atoms with Crippen LogP contribution in [0.2, 0.25) is 0 Å². The second-order valence-electron chi connectivity index (χ2n) is 2.49.